The zero-order valence-electron chi connectivity index (χ0n) is 13.9. The number of hydrogen-bond acceptors (Lipinski definition) is 3. The van der Waals surface area contributed by atoms with E-state index in [9.17, 15) is 13.6 Å². The number of fused-ring (bicyclic) bond motifs is 1. The van der Waals surface area contributed by atoms with Crippen molar-refractivity contribution in [3.05, 3.63) is 77.0 Å². The number of anilines is 1. The predicted octanol–water partition coefficient (Wildman–Crippen LogP) is 4.23. The number of carbonyl (C=O) groups excluding carboxylic acids is 1. The summed E-state index contributed by atoms with van der Waals surface area (Å²) < 4.78 is 29.2. The smallest absolute Gasteiger partial charge is 0.235 e. The van der Waals surface area contributed by atoms with Gasteiger partial charge in [-0.25, -0.2) is 13.5 Å². The van der Waals surface area contributed by atoms with Crippen LogP contribution in [0.2, 0.25) is 0 Å². The summed E-state index contributed by atoms with van der Waals surface area (Å²) in [5.41, 5.74) is 2.58. The minimum Gasteiger partial charge on any atom is -0.310 e. The normalized spacial score (nSPS) is 16.7. The van der Waals surface area contributed by atoms with Gasteiger partial charge in [-0.3, -0.25) is 4.79 Å². The first kappa shape index (κ1) is 16.8. The van der Waals surface area contributed by atoms with Gasteiger partial charge in [0.15, 0.2) is 0 Å². The maximum atomic E-state index is 14.4. The van der Waals surface area contributed by atoms with Crippen LogP contribution in [0, 0.1) is 18.6 Å². The molecule has 1 aliphatic heterocycles. The molecule has 4 nitrogen and oxygen atoms in total. The average Bonchev–Trinajstić information content (AvgIpc) is 2.83. The number of aromatic nitrogens is 2. The Balaban J connectivity index is 1.91. The Morgan fingerprint density at radius 1 is 1.15 bits per heavy atom. The van der Waals surface area contributed by atoms with Gasteiger partial charge in [-0.1, -0.05) is 18.2 Å². The first-order valence-corrected chi connectivity index (χ1v) is 9.11. The van der Waals surface area contributed by atoms with E-state index in [0.29, 0.717) is 22.8 Å². The lowest BCUT2D eigenvalue weighted by Crippen LogP contribution is -2.15. The number of halogens is 2. The molecule has 1 aromatic heterocycles. The molecule has 0 unspecified atom stereocenters. The number of rotatable bonds is 2. The molecule has 4 rings (SSSR count). The summed E-state index contributed by atoms with van der Waals surface area (Å²) in [6, 6.07) is 12.4. The van der Waals surface area contributed by atoms with Crippen molar-refractivity contribution in [3.63, 3.8) is 0 Å². The minimum absolute atomic E-state index is 0.182. The number of aryl methyl sites for hydroxylation is 1. The lowest BCUT2D eigenvalue weighted by atomic mass is 10.0. The second-order valence-electron chi connectivity index (χ2n) is 6.00. The van der Waals surface area contributed by atoms with E-state index in [1.54, 1.807) is 35.0 Å². The summed E-state index contributed by atoms with van der Waals surface area (Å²) >= 11 is 1.36. The third-order valence-electron chi connectivity index (χ3n) is 4.27. The van der Waals surface area contributed by atoms with E-state index in [2.05, 4.69) is 10.4 Å². The highest BCUT2D eigenvalue weighted by molar-refractivity contribution is 8.00. The van der Waals surface area contributed by atoms with Gasteiger partial charge in [0.2, 0.25) is 5.91 Å². The average molecular weight is 371 g/mol. The predicted molar refractivity (Wildman–Crippen MR) is 97.6 cm³/mol. The molecule has 0 fully saturated rings. The van der Waals surface area contributed by atoms with Crippen LogP contribution in [0.4, 0.5) is 14.6 Å². The van der Waals surface area contributed by atoms with Crippen molar-refractivity contribution < 1.29 is 13.6 Å². The molecule has 1 atom stereocenters. The number of carbonyl (C=O) groups is 1. The van der Waals surface area contributed by atoms with Crippen molar-refractivity contribution in [2.75, 3.05) is 11.1 Å². The molecule has 26 heavy (non-hydrogen) atoms. The van der Waals surface area contributed by atoms with Crippen molar-refractivity contribution >= 4 is 23.5 Å². The first-order chi connectivity index (χ1) is 12.5. The fraction of sp³-hybridized carbons (Fsp3) is 0.158. The summed E-state index contributed by atoms with van der Waals surface area (Å²) in [7, 11) is 0. The molecule has 0 spiro atoms. The minimum atomic E-state index is -0.362. The molecule has 0 radical (unpaired) electrons. The van der Waals surface area contributed by atoms with Gasteiger partial charge >= 0.3 is 0 Å². The second kappa shape index (κ2) is 6.57. The maximum absolute atomic E-state index is 14.4. The van der Waals surface area contributed by atoms with Gasteiger partial charge in [0, 0.05) is 11.1 Å². The van der Waals surface area contributed by atoms with E-state index in [-0.39, 0.29) is 28.5 Å². The molecule has 0 bridgehead atoms. The van der Waals surface area contributed by atoms with Crippen LogP contribution in [-0.2, 0) is 4.79 Å². The van der Waals surface area contributed by atoms with E-state index >= 15 is 0 Å². The molecule has 2 aromatic carbocycles. The number of benzene rings is 2. The Bertz CT molecular complexity index is 985. The summed E-state index contributed by atoms with van der Waals surface area (Å²) in [6.07, 6.45) is 0. The van der Waals surface area contributed by atoms with Crippen LogP contribution in [0.25, 0.3) is 5.69 Å². The molecular weight excluding hydrogens is 356 g/mol. The van der Waals surface area contributed by atoms with Crippen LogP contribution in [0.5, 0.6) is 0 Å². The molecule has 132 valence electrons. The Morgan fingerprint density at radius 2 is 1.88 bits per heavy atom. The lowest BCUT2D eigenvalue weighted by Gasteiger charge is -2.16. The van der Waals surface area contributed by atoms with E-state index in [1.165, 1.54) is 30.0 Å². The number of nitrogens with one attached hydrogen (secondary N) is 1. The molecule has 0 aliphatic carbocycles. The molecular formula is C19H15F2N3OS. The quantitative estimate of drug-likeness (QED) is 0.733. The topological polar surface area (TPSA) is 46.9 Å². The van der Waals surface area contributed by atoms with Gasteiger partial charge in [-0.15, -0.1) is 11.8 Å². The Morgan fingerprint density at radius 3 is 2.62 bits per heavy atom. The molecule has 0 saturated heterocycles. The lowest BCUT2D eigenvalue weighted by molar-refractivity contribution is -0.113. The van der Waals surface area contributed by atoms with E-state index < -0.39 is 0 Å². The Kier molecular flexibility index (Phi) is 4.24. The van der Waals surface area contributed by atoms with Crippen molar-refractivity contribution in [2.24, 2.45) is 0 Å². The number of hydrogen-bond donors (Lipinski definition) is 1. The van der Waals surface area contributed by atoms with E-state index in [1.807, 2.05) is 6.92 Å². The highest BCUT2D eigenvalue weighted by atomic mass is 32.2. The van der Waals surface area contributed by atoms with E-state index in [4.69, 9.17) is 0 Å². The van der Waals surface area contributed by atoms with Crippen LogP contribution < -0.4 is 5.32 Å². The van der Waals surface area contributed by atoms with Gasteiger partial charge in [0.1, 0.15) is 17.5 Å². The van der Waals surface area contributed by atoms with E-state index in [0.717, 1.165) is 5.56 Å². The standard InChI is InChI=1S/C19H15F2N3OS/c1-11-17-18(14-4-2-3-5-15(14)21)26-10-16(25)22-19(17)24(23-11)13-8-6-12(20)7-9-13/h2-9,18H,10H2,1H3,(H,22,25)/t18-/m1/s1. The van der Waals surface area contributed by atoms with Gasteiger partial charge in [-0.2, -0.15) is 5.10 Å². The fourth-order valence-corrected chi connectivity index (χ4v) is 4.30. The van der Waals surface area contributed by atoms with Gasteiger partial charge in [0.05, 0.1) is 22.4 Å². The van der Waals surface area contributed by atoms with Crippen LogP contribution in [0.3, 0.4) is 0 Å². The summed E-state index contributed by atoms with van der Waals surface area (Å²) in [5.74, 6) is -0.154. The van der Waals surface area contributed by atoms with Crippen LogP contribution in [0.1, 0.15) is 22.1 Å². The maximum Gasteiger partial charge on any atom is 0.235 e. The molecule has 1 N–H and O–H groups in total. The van der Waals surface area contributed by atoms with Crippen LogP contribution in [-0.4, -0.2) is 21.4 Å². The summed E-state index contributed by atoms with van der Waals surface area (Å²) in [4.78, 5) is 12.2. The van der Waals surface area contributed by atoms with Crippen molar-refractivity contribution in [3.8, 4) is 5.69 Å². The monoisotopic (exact) mass is 371 g/mol. The Hall–Kier alpha value is -2.67. The highest BCUT2D eigenvalue weighted by Gasteiger charge is 2.31. The zero-order valence-corrected chi connectivity index (χ0v) is 14.7. The SMILES string of the molecule is Cc1nn(-c2ccc(F)cc2)c2c1[C@@H](c1ccccc1F)SCC(=O)N2. The van der Waals surface area contributed by atoms with Crippen molar-refractivity contribution in [2.45, 2.75) is 12.2 Å². The van der Waals surface area contributed by atoms with Gasteiger partial charge in [-0.05, 0) is 37.3 Å². The zero-order chi connectivity index (χ0) is 18.3. The van der Waals surface area contributed by atoms with Crippen LogP contribution in [0.15, 0.2) is 48.5 Å². The molecule has 2 heterocycles. The molecule has 1 aliphatic rings. The second-order valence-corrected chi connectivity index (χ2v) is 7.09. The fourth-order valence-electron chi connectivity index (χ4n) is 3.09. The largest absolute Gasteiger partial charge is 0.310 e. The first-order valence-electron chi connectivity index (χ1n) is 8.06. The van der Waals surface area contributed by atoms with Gasteiger partial charge < -0.3 is 5.32 Å². The molecule has 7 heteroatoms. The third-order valence-corrected chi connectivity index (χ3v) is 5.52. The summed E-state index contributed by atoms with van der Waals surface area (Å²) in [6.45, 7) is 1.82. The number of nitrogens with zero attached hydrogens (tertiary/aromatic N) is 2. The van der Waals surface area contributed by atoms with Crippen molar-refractivity contribution in [1.29, 1.82) is 0 Å². The molecule has 1 amide bonds. The number of thioether (sulfide) groups is 1. The van der Waals surface area contributed by atoms with Crippen LogP contribution >= 0.6 is 11.8 Å². The number of amides is 1. The third kappa shape index (κ3) is 2.88. The molecule has 3 aromatic rings. The Labute approximate surface area is 153 Å². The highest BCUT2D eigenvalue weighted by Crippen LogP contribution is 2.44. The molecule has 0 saturated carbocycles. The van der Waals surface area contributed by atoms with Gasteiger partial charge in [0.25, 0.3) is 0 Å². The summed E-state index contributed by atoms with van der Waals surface area (Å²) in [5, 5.41) is 7.02. The van der Waals surface area contributed by atoms with Crippen molar-refractivity contribution in [1.82, 2.24) is 9.78 Å².